The van der Waals surface area contributed by atoms with Gasteiger partial charge in [0.05, 0.1) is 31.1 Å². The van der Waals surface area contributed by atoms with Crippen molar-refractivity contribution in [2.24, 2.45) is 0 Å². The van der Waals surface area contributed by atoms with Crippen molar-refractivity contribution in [1.82, 2.24) is 0 Å². The average Bonchev–Trinajstić information content (AvgIpc) is 2.80. The molecule has 2 amide bonds. The first-order valence-corrected chi connectivity index (χ1v) is 11.3. The van der Waals surface area contributed by atoms with Crippen molar-refractivity contribution in [2.75, 3.05) is 30.5 Å². The maximum atomic E-state index is 14.8. The Morgan fingerprint density at radius 1 is 1.17 bits per heavy atom. The van der Waals surface area contributed by atoms with Gasteiger partial charge >= 0.3 is 6.03 Å². The Balaban J connectivity index is 1.45. The quantitative estimate of drug-likeness (QED) is 0.473. The van der Waals surface area contributed by atoms with E-state index in [9.17, 15) is 22.8 Å². The molecule has 1 aliphatic heterocycles. The van der Waals surface area contributed by atoms with E-state index >= 15 is 0 Å². The van der Waals surface area contributed by atoms with Crippen molar-refractivity contribution >= 4 is 28.8 Å². The van der Waals surface area contributed by atoms with Crippen LogP contribution in [0.2, 0.25) is 0 Å². The fourth-order valence-electron chi connectivity index (χ4n) is 3.79. The number of nitrogens with one attached hydrogen (secondary N) is 2. The summed E-state index contributed by atoms with van der Waals surface area (Å²) in [7, 11) is 0. The Morgan fingerprint density at radius 3 is 2.58 bits per heavy atom. The van der Waals surface area contributed by atoms with Gasteiger partial charge in [-0.1, -0.05) is 12.1 Å². The van der Waals surface area contributed by atoms with Crippen LogP contribution in [0.1, 0.15) is 37.8 Å². The molecule has 0 radical (unpaired) electrons. The average molecular weight is 502 g/mol. The Bertz CT molecular complexity index is 1240. The predicted octanol–water partition coefficient (Wildman–Crippen LogP) is 5.85. The molecule has 10 heteroatoms. The van der Waals surface area contributed by atoms with Crippen LogP contribution in [0.4, 0.5) is 29.3 Å². The van der Waals surface area contributed by atoms with E-state index in [1.165, 1.54) is 30.3 Å². The third-order valence-corrected chi connectivity index (χ3v) is 5.57. The fourth-order valence-corrected chi connectivity index (χ4v) is 3.79. The Labute approximate surface area is 205 Å². The number of halogens is 3. The maximum absolute atomic E-state index is 14.8. The molecule has 1 heterocycles. The highest BCUT2D eigenvalue weighted by Gasteiger charge is 2.37. The number of rotatable bonds is 8. The van der Waals surface area contributed by atoms with Crippen molar-refractivity contribution in [1.29, 1.82) is 0 Å². The summed E-state index contributed by atoms with van der Waals surface area (Å²) >= 11 is 0. The molecule has 4 rings (SSSR count). The minimum atomic E-state index is -2.83. The number of ether oxygens (including phenoxy) is 3. The molecular formula is C26H25F3N2O5. The largest absolute Gasteiger partial charge is 0.493 e. The van der Waals surface area contributed by atoms with Gasteiger partial charge in [0.2, 0.25) is 0 Å². The summed E-state index contributed by atoms with van der Waals surface area (Å²) < 4.78 is 58.2. The number of ketones is 1. The normalized spacial score (nSPS) is 16.6. The minimum absolute atomic E-state index is 0.00239. The lowest BCUT2D eigenvalue weighted by molar-refractivity contribution is -0.150. The van der Waals surface area contributed by atoms with Gasteiger partial charge in [0, 0.05) is 23.8 Å². The lowest BCUT2D eigenvalue weighted by atomic mass is 9.96. The molecule has 2 aromatic carbocycles. The standard InChI is InChI=1S/C26H25F3N2O5/c1-3-35-23-12-17(32)6-7-18(23)15-4-8-21(20(27)10-15)31-25(33)30-16-5-9-22(19(11-16)24(28)29)36-26(2)13-34-14-26/h4-5,7-12,24H,3,6,13-14H2,1-2H3,(H2,30,31,33). The summed E-state index contributed by atoms with van der Waals surface area (Å²) in [6.45, 7) is 4.45. The van der Waals surface area contributed by atoms with Crippen molar-refractivity contribution in [3.8, 4) is 5.75 Å². The zero-order valence-electron chi connectivity index (χ0n) is 19.7. The van der Waals surface area contributed by atoms with E-state index in [-0.39, 0.29) is 34.9 Å². The Hall–Kier alpha value is -3.79. The second kappa shape index (κ2) is 10.4. The molecule has 1 aliphatic carbocycles. The SMILES string of the molecule is CCOC1=CC(=O)CC=C1c1ccc(NC(=O)Nc2ccc(OC3(C)COC3)c(C(F)F)c2)c(F)c1. The van der Waals surface area contributed by atoms with Crippen LogP contribution in [0, 0.1) is 5.82 Å². The van der Waals surface area contributed by atoms with Gasteiger partial charge in [0.1, 0.15) is 17.3 Å². The topological polar surface area (TPSA) is 85.9 Å². The maximum Gasteiger partial charge on any atom is 0.323 e. The van der Waals surface area contributed by atoms with Gasteiger partial charge in [0.25, 0.3) is 6.43 Å². The summed E-state index contributed by atoms with van der Waals surface area (Å²) in [6.07, 6.45) is 0.377. The summed E-state index contributed by atoms with van der Waals surface area (Å²) in [5.74, 6) is -0.474. The molecule has 0 atom stereocenters. The number of hydrogen-bond donors (Lipinski definition) is 2. The first-order chi connectivity index (χ1) is 17.2. The molecule has 0 aromatic heterocycles. The highest BCUT2D eigenvalue weighted by molar-refractivity contribution is 6.01. The Morgan fingerprint density at radius 2 is 1.94 bits per heavy atom. The van der Waals surface area contributed by atoms with Crippen LogP contribution in [0.25, 0.3) is 5.57 Å². The van der Waals surface area contributed by atoms with E-state index < -0.39 is 23.9 Å². The van der Waals surface area contributed by atoms with Crippen LogP contribution in [0.5, 0.6) is 5.75 Å². The lowest BCUT2D eigenvalue weighted by Crippen LogP contribution is -2.51. The van der Waals surface area contributed by atoms with Gasteiger partial charge in [-0.2, -0.15) is 0 Å². The van der Waals surface area contributed by atoms with Gasteiger partial charge in [0.15, 0.2) is 11.4 Å². The van der Waals surface area contributed by atoms with E-state index in [0.717, 1.165) is 6.07 Å². The Kier molecular flexibility index (Phi) is 7.35. The summed E-state index contributed by atoms with van der Waals surface area (Å²) in [4.78, 5) is 24.1. The molecule has 0 unspecified atom stereocenters. The van der Waals surface area contributed by atoms with Crippen LogP contribution >= 0.6 is 0 Å². The summed E-state index contributed by atoms with van der Waals surface area (Å²) in [6, 6.07) is 7.24. The number of benzene rings is 2. The molecule has 190 valence electrons. The highest BCUT2D eigenvalue weighted by Crippen LogP contribution is 2.35. The number of carbonyl (C=O) groups is 2. The van der Waals surface area contributed by atoms with Crippen molar-refractivity contribution in [3.05, 3.63) is 71.3 Å². The van der Waals surface area contributed by atoms with E-state index in [1.807, 2.05) is 0 Å². The van der Waals surface area contributed by atoms with Gasteiger partial charge in [-0.3, -0.25) is 4.79 Å². The van der Waals surface area contributed by atoms with Crippen LogP contribution in [-0.2, 0) is 14.3 Å². The van der Waals surface area contributed by atoms with Crippen molar-refractivity contribution in [2.45, 2.75) is 32.3 Å². The molecule has 7 nitrogen and oxygen atoms in total. The number of amides is 2. The minimum Gasteiger partial charge on any atom is -0.493 e. The van der Waals surface area contributed by atoms with Crippen molar-refractivity contribution in [3.63, 3.8) is 0 Å². The highest BCUT2D eigenvalue weighted by atomic mass is 19.3. The van der Waals surface area contributed by atoms with Crippen LogP contribution in [0.15, 0.2) is 54.3 Å². The molecule has 0 bridgehead atoms. The summed E-state index contributed by atoms with van der Waals surface area (Å²) in [5, 5.41) is 4.80. The molecule has 2 aromatic rings. The van der Waals surface area contributed by atoms with Crippen LogP contribution < -0.4 is 15.4 Å². The smallest absolute Gasteiger partial charge is 0.323 e. The zero-order chi connectivity index (χ0) is 25.9. The van der Waals surface area contributed by atoms with Crippen LogP contribution in [0.3, 0.4) is 0 Å². The molecule has 2 aliphatic rings. The first kappa shape index (κ1) is 25.3. The van der Waals surface area contributed by atoms with Gasteiger partial charge < -0.3 is 24.8 Å². The first-order valence-electron chi connectivity index (χ1n) is 11.3. The number of anilines is 2. The summed E-state index contributed by atoms with van der Waals surface area (Å²) in [5.41, 5.74) is -0.0247. The van der Waals surface area contributed by atoms with Gasteiger partial charge in [-0.15, -0.1) is 0 Å². The second-order valence-electron chi connectivity index (χ2n) is 8.60. The molecule has 2 N–H and O–H groups in total. The molecule has 1 saturated heterocycles. The number of carbonyl (C=O) groups excluding carboxylic acids is 2. The van der Waals surface area contributed by atoms with Gasteiger partial charge in [-0.25, -0.2) is 18.0 Å². The molecule has 0 saturated carbocycles. The molecule has 1 fully saturated rings. The monoisotopic (exact) mass is 502 g/mol. The number of urea groups is 1. The molecule has 0 spiro atoms. The number of allylic oxidation sites excluding steroid dienone is 3. The van der Waals surface area contributed by atoms with Crippen molar-refractivity contribution < 1.29 is 37.0 Å². The predicted molar refractivity (Wildman–Crippen MR) is 128 cm³/mol. The van der Waals surface area contributed by atoms with E-state index in [4.69, 9.17) is 14.2 Å². The van der Waals surface area contributed by atoms with Crippen LogP contribution in [-0.4, -0.2) is 37.2 Å². The van der Waals surface area contributed by atoms with E-state index in [0.29, 0.717) is 36.7 Å². The van der Waals surface area contributed by atoms with Gasteiger partial charge in [-0.05, 0) is 49.7 Å². The number of hydrogen-bond acceptors (Lipinski definition) is 5. The fraction of sp³-hybridized carbons (Fsp3) is 0.308. The third kappa shape index (κ3) is 5.71. The second-order valence-corrected chi connectivity index (χ2v) is 8.60. The van der Waals surface area contributed by atoms with E-state index in [2.05, 4.69) is 10.6 Å². The number of alkyl halides is 2. The zero-order valence-corrected chi connectivity index (χ0v) is 19.7. The third-order valence-electron chi connectivity index (χ3n) is 5.57. The lowest BCUT2D eigenvalue weighted by Gasteiger charge is -2.38. The molecule has 36 heavy (non-hydrogen) atoms. The van der Waals surface area contributed by atoms with E-state index in [1.54, 1.807) is 26.0 Å². The molecular weight excluding hydrogens is 477 g/mol.